The lowest BCUT2D eigenvalue weighted by atomic mass is 10.2. The van der Waals surface area contributed by atoms with Crippen LogP contribution in [-0.4, -0.2) is 39.1 Å². The van der Waals surface area contributed by atoms with Crippen molar-refractivity contribution in [3.63, 3.8) is 0 Å². The quantitative estimate of drug-likeness (QED) is 0.767. The van der Waals surface area contributed by atoms with Crippen LogP contribution >= 0.6 is 11.8 Å². The second-order valence-corrected chi connectivity index (χ2v) is 6.17. The minimum absolute atomic E-state index is 0.475. The van der Waals surface area contributed by atoms with E-state index in [1.807, 2.05) is 35.8 Å². The molecule has 0 saturated carbocycles. The molecule has 24 heavy (non-hydrogen) atoms. The Morgan fingerprint density at radius 2 is 2.08 bits per heavy atom. The van der Waals surface area contributed by atoms with E-state index >= 15 is 0 Å². The second-order valence-electron chi connectivity index (χ2n) is 4.86. The van der Waals surface area contributed by atoms with Gasteiger partial charge in [0.1, 0.15) is 5.75 Å². The van der Waals surface area contributed by atoms with Crippen LogP contribution in [0.1, 0.15) is 13.8 Å². The van der Waals surface area contributed by atoms with E-state index in [9.17, 15) is 9.59 Å². The van der Waals surface area contributed by atoms with E-state index in [2.05, 4.69) is 15.5 Å². The molecule has 0 fully saturated rings. The van der Waals surface area contributed by atoms with Crippen molar-refractivity contribution in [3.05, 3.63) is 24.3 Å². The lowest BCUT2D eigenvalue weighted by molar-refractivity contribution is -0.119. The lowest BCUT2D eigenvalue weighted by Gasteiger charge is -2.12. The fourth-order valence-corrected chi connectivity index (χ4v) is 3.04. The van der Waals surface area contributed by atoms with Gasteiger partial charge in [0.15, 0.2) is 11.0 Å². The first-order chi connectivity index (χ1) is 11.5. The van der Waals surface area contributed by atoms with Crippen LogP contribution in [0.5, 0.6) is 5.75 Å². The third-order valence-electron chi connectivity index (χ3n) is 3.28. The van der Waals surface area contributed by atoms with E-state index in [4.69, 9.17) is 10.5 Å². The third kappa shape index (κ3) is 3.85. The summed E-state index contributed by atoms with van der Waals surface area (Å²) in [6.07, 6.45) is 0. The molecule has 1 unspecified atom stereocenters. The highest BCUT2D eigenvalue weighted by Gasteiger charge is 2.22. The number of primary amides is 1. The molecule has 1 heterocycles. The van der Waals surface area contributed by atoms with Crippen LogP contribution in [0.3, 0.4) is 0 Å². The average Bonchev–Trinajstić information content (AvgIpc) is 2.96. The van der Waals surface area contributed by atoms with Crippen molar-refractivity contribution >= 4 is 23.7 Å². The van der Waals surface area contributed by atoms with Gasteiger partial charge in [-0.25, -0.2) is 4.79 Å². The molecule has 9 heteroatoms. The molecule has 1 aromatic heterocycles. The molecule has 0 aliphatic heterocycles. The number of nitrogens with zero attached hydrogens (tertiary/aromatic N) is 3. The van der Waals surface area contributed by atoms with E-state index in [1.165, 1.54) is 11.8 Å². The van der Waals surface area contributed by atoms with Gasteiger partial charge in [-0.1, -0.05) is 23.9 Å². The number of carbonyl (C=O) groups is 2. The summed E-state index contributed by atoms with van der Waals surface area (Å²) in [7, 11) is 1.59. The molecule has 3 N–H and O–H groups in total. The number of para-hydroxylation sites is 1. The number of thioether (sulfide) groups is 1. The molecular formula is C15H19N5O3S. The summed E-state index contributed by atoms with van der Waals surface area (Å²) in [6, 6.07) is 6.63. The number of nitrogens with two attached hydrogens (primary N) is 1. The number of rotatable bonds is 6. The number of aromatic nitrogens is 3. The van der Waals surface area contributed by atoms with Crippen molar-refractivity contribution in [2.45, 2.75) is 30.8 Å². The SMILES string of the molecule is CCn1c(SC(C)C(=O)NC(N)=O)nnc1-c1ccccc1OC. The number of imide groups is 1. The van der Waals surface area contributed by atoms with Crippen LogP contribution in [-0.2, 0) is 11.3 Å². The Morgan fingerprint density at radius 1 is 1.38 bits per heavy atom. The molecule has 3 amide bonds. The maximum absolute atomic E-state index is 11.8. The maximum atomic E-state index is 11.8. The number of hydrogen-bond donors (Lipinski definition) is 2. The van der Waals surface area contributed by atoms with Gasteiger partial charge in [-0.3, -0.25) is 10.1 Å². The normalized spacial score (nSPS) is 11.8. The number of nitrogens with one attached hydrogen (secondary N) is 1. The number of carbonyl (C=O) groups excluding carboxylic acids is 2. The summed E-state index contributed by atoms with van der Waals surface area (Å²) in [6.45, 7) is 4.24. The first-order valence-electron chi connectivity index (χ1n) is 7.31. The molecule has 0 aliphatic rings. The summed E-state index contributed by atoms with van der Waals surface area (Å²) in [5.74, 6) is 0.868. The molecule has 0 spiro atoms. The zero-order chi connectivity index (χ0) is 17.7. The van der Waals surface area contributed by atoms with Crippen molar-refractivity contribution in [3.8, 4) is 17.1 Å². The first-order valence-corrected chi connectivity index (χ1v) is 8.19. The Morgan fingerprint density at radius 3 is 2.71 bits per heavy atom. The summed E-state index contributed by atoms with van der Waals surface area (Å²) in [5, 5.41) is 10.5. The molecule has 1 aromatic carbocycles. The van der Waals surface area contributed by atoms with Gasteiger partial charge in [-0.2, -0.15) is 0 Å². The van der Waals surface area contributed by atoms with Gasteiger partial charge in [0.25, 0.3) is 0 Å². The highest BCUT2D eigenvalue weighted by molar-refractivity contribution is 8.00. The molecule has 2 rings (SSSR count). The fourth-order valence-electron chi connectivity index (χ4n) is 2.12. The molecule has 0 saturated heterocycles. The van der Waals surface area contributed by atoms with Gasteiger partial charge in [0.2, 0.25) is 5.91 Å². The van der Waals surface area contributed by atoms with Crippen LogP contribution in [0.4, 0.5) is 4.79 Å². The Bertz CT molecular complexity index is 746. The largest absolute Gasteiger partial charge is 0.496 e. The van der Waals surface area contributed by atoms with Gasteiger partial charge >= 0.3 is 6.03 Å². The minimum Gasteiger partial charge on any atom is -0.496 e. The predicted octanol–water partition coefficient (Wildman–Crippen LogP) is 1.65. The number of hydrogen-bond acceptors (Lipinski definition) is 6. The van der Waals surface area contributed by atoms with Crippen molar-refractivity contribution in [1.82, 2.24) is 20.1 Å². The van der Waals surface area contributed by atoms with Gasteiger partial charge in [0, 0.05) is 6.54 Å². The number of ether oxygens (including phenoxy) is 1. The molecule has 0 bridgehead atoms. The predicted molar refractivity (Wildman–Crippen MR) is 90.7 cm³/mol. The van der Waals surface area contributed by atoms with Gasteiger partial charge in [-0.15, -0.1) is 10.2 Å². The second kappa shape index (κ2) is 7.82. The van der Waals surface area contributed by atoms with Crippen LogP contribution in [0.15, 0.2) is 29.4 Å². The Labute approximate surface area is 143 Å². The topological polar surface area (TPSA) is 112 Å². The molecule has 128 valence electrons. The van der Waals surface area contributed by atoms with Crippen molar-refractivity contribution in [1.29, 1.82) is 0 Å². The standard InChI is InChI=1S/C15H19N5O3S/c1-4-20-12(10-7-5-6-8-11(10)23-3)18-19-15(20)24-9(2)13(21)17-14(16)22/h5-9H,4H2,1-3H3,(H3,16,17,21,22). The highest BCUT2D eigenvalue weighted by atomic mass is 32.2. The fraction of sp³-hybridized carbons (Fsp3) is 0.333. The number of benzene rings is 1. The van der Waals surface area contributed by atoms with Crippen LogP contribution in [0.25, 0.3) is 11.4 Å². The lowest BCUT2D eigenvalue weighted by Crippen LogP contribution is -2.39. The Balaban J connectivity index is 2.30. The number of amides is 3. The van der Waals surface area contributed by atoms with Crippen LogP contribution in [0, 0.1) is 0 Å². The van der Waals surface area contributed by atoms with Crippen molar-refractivity contribution in [2.24, 2.45) is 5.73 Å². The summed E-state index contributed by atoms with van der Waals surface area (Å²) in [5.41, 5.74) is 5.78. The maximum Gasteiger partial charge on any atom is 0.318 e. The molecular weight excluding hydrogens is 330 g/mol. The molecule has 1 atom stereocenters. The Kier molecular flexibility index (Phi) is 5.80. The summed E-state index contributed by atoms with van der Waals surface area (Å²) < 4.78 is 7.25. The monoisotopic (exact) mass is 349 g/mol. The van der Waals surface area contributed by atoms with E-state index in [0.29, 0.717) is 23.3 Å². The molecule has 8 nitrogen and oxygen atoms in total. The van der Waals surface area contributed by atoms with Crippen LogP contribution in [0.2, 0.25) is 0 Å². The zero-order valence-electron chi connectivity index (χ0n) is 13.6. The van der Waals surface area contributed by atoms with Crippen molar-refractivity contribution in [2.75, 3.05) is 7.11 Å². The van der Waals surface area contributed by atoms with E-state index in [1.54, 1.807) is 14.0 Å². The molecule has 0 radical (unpaired) electrons. The van der Waals surface area contributed by atoms with Gasteiger partial charge < -0.3 is 15.0 Å². The zero-order valence-corrected chi connectivity index (χ0v) is 14.5. The van der Waals surface area contributed by atoms with Crippen molar-refractivity contribution < 1.29 is 14.3 Å². The summed E-state index contributed by atoms with van der Waals surface area (Å²) in [4.78, 5) is 22.6. The van der Waals surface area contributed by atoms with Gasteiger partial charge in [0.05, 0.1) is 17.9 Å². The van der Waals surface area contributed by atoms with E-state index < -0.39 is 17.2 Å². The minimum atomic E-state index is -0.876. The Hall–Kier alpha value is -2.55. The molecule has 2 aromatic rings. The number of urea groups is 1. The average molecular weight is 349 g/mol. The summed E-state index contributed by atoms with van der Waals surface area (Å²) >= 11 is 1.20. The van der Waals surface area contributed by atoms with E-state index in [-0.39, 0.29) is 0 Å². The van der Waals surface area contributed by atoms with Gasteiger partial charge in [-0.05, 0) is 26.0 Å². The third-order valence-corrected chi connectivity index (χ3v) is 4.36. The molecule has 0 aliphatic carbocycles. The smallest absolute Gasteiger partial charge is 0.318 e. The van der Waals surface area contributed by atoms with E-state index in [0.717, 1.165) is 5.56 Å². The highest BCUT2D eigenvalue weighted by Crippen LogP contribution is 2.31. The first kappa shape index (κ1) is 17.8. The van der Waals surface area contributed by atoms with Crippen LogP contribution < -0.4 is 15.8 Å². The number of methoxy groups -OCH3 is 1.